The smallest absolute Gasteiger partial charge is 0.251 e. The molecule has 0 aliphatic rings. The van der Waals surface area contributed by atoms with E-state index in [4.69, 9.17) is 5.73 Å². The van der Waals surface area contributed by atoms with Gasteiger partial charge in [-0.2, -0.15) is 0 Å². The van der Waals surface area contributed by atoms with Gasteiger partial charge >= 0.3 is 0 Å². The largest absolute Gasteiger partial charge is 0.329 e. The number of sulfonamides is 1. The first-order valence-corrected chi connectivity index (χ1v) is 7.41. The van der Waals surface area contributed by atoms with E-state index in [-0.39, 0.29) is 23.2 Å². The molecule has 0 atom stereocenters. The second-order valence-corrected chi connectivity index (χ2v) is 7.40. The van der Waals surface area contributed by atoms with Crippen LogP contribution in [0.5, 0.6) is 0 Å². The fourth-order valence-corrected chi connectivity index (χ4v) is 4.69. The number of nitrogens with one attached hydrogen (secondary N) is 1. The molecule has 0 saturated carbocycles. The van der Waals surface area contributed by atoms with Crippen molar-refractivity contribution in [3.8, 4) is 0 Å². The zero-order valence-electron chi connectivity index (χ0n) is 8.86. The molecule has 0 radical (unpaired) electrons. The minimum Gasteiger partial charge on any atom is -0.329 e. The molecule has 0 aliphatic heterocycles. The molecule has 0 spiro atoms. The summed E-state index contributed by atoms with van der Waals surface area (Å²) in [5.41, 5.74) is 4.83. The molecule has 4 nitrogen and oxygen atoms in total. The van der Waals surface area contributed by atoms with Crippen LogP contribution in [0.1, 0.15) is 13.8 Å². The minimum atomic E-state index is -3.48. The molecule has 0 aliphatic carbocycles. The van der Waals surface area contributed by atoms with Gasteiger partial charge in [0.2, 0.25) is 0 Å². The average Bonchev–Trinajstić information content (AvgIpc) is 2.50. The molecule has 0 unspecified atom stereocenters. The summed E-state index contributed by atoms with van der Waals surface area (Å²) < 4.78 is 27.2. The van der Waals surface area contributed by atoms with Crippen molar-refractivity contribution in [1.29, 1.82) is 0 Å². The number of rotatable bonds is 4. The first-order chi connectivity index (χ1) is 6.78. The Labute approximate surface area is 114 Å². The van der Waals surface area contributed by atoms with Crippen molar-refractivity contribution < 1.29 is 8.42 Å². The summed E-state index contributed by atoms with van der Waals surface area (Å²) in [4.78, 5) is 0. The lowest BCUT2D eigenvalue weighted by atomic mass is 10.1. The van der Waals surface area contributed by atoms with Crippen LogP contribution in [0.15, 0.2) is 20.1 Å². The van der Waals surface area contributed by atoms with Gasteiger partial charge in [-0.25, -0.2) is 13.1 Å². The molecule has 0 bridgehead atoms. The van der Waals surface area contributed by atoms with E-state index in [1.165, 1.54) is 11.3 Å². The minimum absolute atomic E-state index is 0. The standard InChI is InChI=1S/C8H13BrN2O2S2.ClH/c1-8(2,5-10)11-15(12,13)7-6(9)3-4-14-7;/h3-4,11H,5,10H2,1-2H3;1H. The molecule has 0 aromatic carbocycles. The number of hydrogen-bond donors (Lipinski definition) is 2. The van der Waals surface area contributed by atoms with E-state index < -0.39 is 15.6 Å². The van der Waals surface area contributed by atoms with E-state index >= 15 is 0 Å². The Kier molecular flexibility index (Phi) is 5.91. The van der Waals surface area contributed by atoms with Gasteiger partial charge in [-0.3, -0.25) is 0 Å². The van der Waals surface area contributed by atoms with Crippen molar-refractivity contribution in [3.63, 3.8) is 0 Å². The summed E-state index contributed by atoms with van der Waals surface area (Å²) in [5, 5.41) is 1.72. The van der Waals surface area contributed by atoms with Crippen molar-refractivity contribution in [1.82, 2.24) is 4.72 Å². The zero-order chi connectivity index (χ0) is 11.7. The van der Waals surface area contributed by atoms with Crippen LogP contribution in [0.4, 0.5) is 0 Å². The van der Waals surface area contributed by atoms with Crippen LogP contribution in [0.2, 0.25) is 0 Å². The topological polar surface area (TPSA) is 72.2 Å². The predicted molar refractivity (Wildman–Crippen MR) is 72.7 cm³/mol. The predicted octanol–water partition coefficient (Wildman–Crippen LogP) is 1.95. The first kappa shape index (κ1) is 16.3. The third-order valence-electron chi connectivity index (χ3n) is 1.75. The molecule has 1 rings (SSSR count). The summed E-state index contributed by atoms with van der Waals surface area (Å²) in [6.45, 7) is 3.73. The number of hydrogen-bond acceptors (Lipinski definition) is 4. The van der Waals surface area contributed by atoms with Crippen molar-refractivity contribution in [2.45, 2.75) is 23.6 Å². The lowest BCUT2D eigenvalue weighted by Crippen LogP contribution is -2.48. The molecule has 8 heteroatoms. The molecule has 94 valence electrons. The molecule has 1 aromatic heterocycles. The van der Waals surface area contributed by atoms with E-state index in [0.717, 1.165) is 0 Å². The van der Waals surface area contributed by atoms with Crippen molar-refractivity contribution >= 4 is 49.7 Å². The SMILES string of the molecule is CC(C)(CN)NS(=O)(=O)c1sccc1Br.Cl. The summed E-state index contributed by atoms with van der Waals surface area (Å²) in [5.74, 6) is 0. The lowest BCUT2D eigenvalue weighted by molar-refractivity contribution is 0.463. The van der Waals surface area contributed by atoms with Crippen LogP contribution in [0.25, 0.3) is 0 Å². The van der Waals surface area contributed by atoms with Gasteiger partial charge in [0.05, 0.1) is 0 Å². The maximum Gasteiger partial charge on any atom is 0.251 e. The van der Waals surface area contributed by atoms with E-state index in [9.17, 15) is 8.42 Å². The van der Waals surface area contributed by atoms with Crippen LogP contribution in [-0.2, 0) is 10.0 Å². The quantitative estimate of drug-likeness (QED) is 0.872. The van der Waals surface area contributed by atoms with Gasteiger partial charge in [-0.05, 0) is 41.2 Å². The van der Waals surface area contributed by atoms with Crippen LogP contribution in [0, 0.1) is 0 Å². The molecule has 0 amide bonds. The molecule has 3 N–H and O–H groups in total. The maximum atomic E-state index is 11.9. The molecular formula is C8H14BrClN2O2S2. The summed E-state index contributed by atoms with van der Waals surface area (Å²) >= 11 is 4.36. The fourth-order valence-electron chi connectivity index (χ4n) is 0.923. The van der Waals surface area contributed by atoms with Gasteiger partial charge < -0.3 is 5.73 Å². The number of nitrogens with two attached hydrogens (primary N) is 1. The highest BCUT2D eigenvalue weighted by Crippen LogP contribution is 2.28. The van der Waals surface area contributed by atoms with Gasteiger partial charge in [0.25, 0.3) is 10.0 Å². The van der Waals surface area contributed by atoms with Gasteiger partial charge in [0.15, 0.2) is 0 Å². The fraction of sp³-hybridized carbons (Fsp3) is 0.500. The third kappa shape index (κ3) is 3.97. The monoisotopic (exact) mass is 348 g/mol. The maximum absolute atomic E-state index is 11.9. The molecule has 1 aromatic rings. The molecule has 0 saturated heterocycles. The van der Waals surface area contributed by atoms with Crippen LogP contribution >= 0.6 is 39.7 Å². The van der Waals surface area contributed by atoms with Crippen LogP contribution in [0.3, 0.4) is 0 Å². The van der Waals surface area contributed by atoms with Crippen molar-refractivity contribution in [3.05, 3.63) is 15.9 Å². The molecular weight excluding hydrogens is 336 g/mol. The van der Waals surface area contributed by atoms with E-state index in [0.29, 0.717) is 4.47 Å². The average molecular weight is 350 g/mol. The molecule has 0 fully saturated rings. The summed E-state index contributed by atoms with van der Waals surface area (Å²) in [7, 11) is -3.48. The normalized spacial score (nSPS) is 12.2. The van der Waals surface area contributed by atoms with Crippen molar-refractivity contribution in [2.75, 3.05) is 6.54 Å². The third-order valence-corrected chi connectivity index (χ3v) is 6.12. The first-order valence-electron chi connectivity index (χ1n) is 4.25. The van der Waals surface area contributed by atoms with E-state index in [1.54, 1.807) is 25.3 Å². The highest BCUT2D eigenvalue weighted by atomic mass is 79.9. The summed E-state index contributed by atoms with van der Waals surface area (Å²) in [6.07, 6.45) is 0. The van der Waals surface area contributed by atoms with E-state index in [2.05, 4.69) is 20.7 Å². The van der Waals surface area contributed by atoms with Crippen LogP contribution in [-0.4, -0.2) is 20.5 Å². The van der Waals surface area contributed by atoms with Gasteiger partial charge in [0, 0.05) is 16.6 Å². The number of thiophene rings is 1. The second kappa shape index (κ2) is 5.79. The highest BCUT2D eigenvalue weighted by molar-refractivity contribution is 9.10. The zero-order valence-corrected chi connectivity index (χ0v) is 12.9. The van der Waals surface area contributed by atoms with Crippen molar-refractivity contribution in [2.24, 2.45) is 5.73 Å². The lowest BCUT2D eigenvalue weighted by Gasteiger charge is -2.23. The Hall–Kier alpha value is 0.340. The molecule has 16 heavy (non-hydrogen) atoms. The van der Waals surface area contributed by atoms with Gasteiger partial charge in [-0.1, -0.05) is 0 Å². The van der Waals surface area contributed by atoms with Crippen LogP contribution < -0.4 is 10.5 Å². The second-order valence-electron chi connectivity index (χ2n) is 3.75. The molecule has 1 heterocycles. The van der Waals surface area contributed by atoms with Gasteiger partial charge in [-0.15, -0.1) is 23.7 Å². The Bertz CT molecular complexity index is 445. The Balaban J connectivity index is 0.00000225. The number of halogens is 2. The van der Waals surface area contributed by atoms with E-state index in [1.807, 2.05) is 0 Å². The van der Waals surface area contributed by atoms with Gasteiger partial charge in [0.1, 0.15) is 4.21 Å². The highest BCUT2D eigenvalue weighted by Gasteiger charge is 2.27. The Morgan fingerprint density at radius 3 is 2.50 bits per heavy atom. The summed E-state index contributed by atoms with van der Waals surface area (Å²) in [6, 6.07) is 1.70. The Morgan fingerprint density at radius 1 is 1.56 bits per heavy atom. The Morgan fingerprint density at radius 2 is 2.12 bits per heavy atom.